The lowest BCUT2D eigenvalue weighted by Gasteiger charge is -2.02. The predicted molar refractivity (Wildman–Crippen MR) is 75.5 cm³/mol. The Morgan fingerprint density at radius 3 is 3.12 bits per heavy atom. The molecule has 0 bridgehead atoms. The lowest BCUT2D eigenvalue weighted by Crippen LogP contribution is -2.07. The fourth-order valence-electron chi connectivity index (χ4n) is 2.12. The molecule has 1 atom stereocenters. The van der Waals surface area contributed by atoms with Gasteiger partial charge in [0.25, 0.3) is 0 Å². The summed E-state index contributed by atoms with van der Waals surface area (Å²) in [7, 11) is 0. The fourth-order valence-corrected chi connectivity index (χ4v) is 3.49. The Hall–Kier alpha value is -0.710. The van der Waals surface area contributed by atoms with E-state index in [2.05, 4.69) is 44.8 Å². The molecule has 1 aromatic carbocycles. The number of hydrogen-bond acceptors (Lipinski definition) is 3. The van der Waals surface area contributed by atoms with Crippen molar-refractivity contribution in [3.05, 3.63) is 39.1 Å². The molecule has 2 heterocycles. The molecule has 1 aliphatic heterocycles. The van der Waals surface area contributed by atoms with Crippen LogP contribution in [0.1, 0.15) is 17.3 Å². The van der Waals surface area contributed by atoms with Gasteiger partial charge in [-0.3, -0.25) is 0 Å². The van der Waals surface area contributed by atoms with Crippen LogP contribution >= 0.6 is 27.3 Å². The Morgan fingerprint density at radius 1 is 1.41 bits per heavy atom. The maximum absolute atomic E-state index is 4.76. The summed E-state index contributed by atoms with van der Waals surface area (Å²) in [6, 6.07) is 8.31. The summed E-state index contributed by atoms with van der Waals surface area (Å²) >= 11 is 5.28. The maximum Gasteiger partial charge on any atom is 0.0976 e. The van der Waals surface area contributed by atoms with Crippen LogP contribution in [0, 0.1) is 0 Å². The molecule has 2 nitrogen and oxygen atoms in total. The zero-order valence-electron chi connectivity index (χ0n) is 9.32. The Balaban J connectivity index is 1.89. The van der Waals surface area contributed by atoms with Gasteiger partial charge < -0.3 is 5.32 Å². The Morgan fingerprint density at radius 2 is 2.35 bits per heavy atom. The molecule has 2 aromatic rings. The second kappa shape index (κ2) is 4.88. The van der Waals surface area contributed by atoms with E-state index >= 15 is 0 Å². The van der Waals surface area contributed by atoms with Crippen molar-refractivity contribution in [1.82, 2.24) is 10.3 Å². The van der Waals surface area contributed by atoms with E-state index in [1.807, 2.05) is 6.07 Å². The number of nitrogens with one attached hydrogen (secondary N) is 1. The number of hydrogen-bond donors (Lipinski definition) is 1. The summed E-state index contributed by atoms with van der Waals surface area (Å²) in [5.41, 5.74) is 2.28. The maximum atomic E-state index is 4.76. The third-order valence-electron chi connectivity index (χ3n) is 3.05. The summed E-state index contributed by atoms with van der Waals surface area (Å²) in [4.78, 5) is 4.76. The van der Waals surface area contributed by atoms with Crippen LogP contribution in [-0.2, 0) is 0 Å². The molecule has 1 aliphatic rings. The van der Waals surface area contributed by atoms with Gasteiger partial charge in [0.05, 0.1) is 10.7 Å². The summed E-state index contributed by atoms with van der Waals surface area (Å²) in [6.45, 7) is 2.20. The molecule has 88 valence electrons. The summed E-state index contributed by atoms with van der Waals surface area (Å²) in [5.74, 6) is 0.612. The second-order valence-corrected chi connectivity index (χ2v) is 6.08. The standard InChI is InChI=1S/C13H13BrN2S/c14-11-3-1-2-9(6-11)12-8-17-13(16-12)10-4-5-15-7-10/h1-3,6,8,10,15H,4-5,7H2. The molecule has 0 radical (unpaired) electrons. The highest BCUT2D eigenvalue weighted by atomic mass is 79.9. The van der Waals surface area contributed by atoms with Crippen molar-refractivity contribution in [2.75, 3.05) is 13.1 Å². The van der Waals surface area contributed by atoms with Crippen molar-refractivity contribution >= 4 is 27.3 Å². The van der Waals surface area contributed by atoms with E-state index in [-0.39, 0.29) is 0 Å². The van der Waals surface area contributed by atoms with Crippen LogP contribution in [0.15, 0.2) is 34.1 Å². The van der Waals surface area contributed by atoms with Gasteiger partial charge in [-0.2, -0.15) is 0 Å². The minimum atomic E-state index is 0.612. The summed E-state index contributed by atoms with van der Waals surface area (Å²) < 4.78 is 1.10. The van der Waals surface area contributed by atoms with E-state index in [1.54, 1.807) is 11.3 Å². The molecule has 4 heteroatoms. The molecular weight excluding hydrogens is 296 g/mol. The Labute approximate surface area is 113 Å². The zero-order valence-corrected chi connectivity index (χ0v) is 11.7. The number of rotatable bonds is 2. The Kier molecular flexibility index (Phi) is 3.27. The number of nitrogens with zero attached hydrogens (tertiary/aromatic N) is 1. The molecule has 0 aliphatic carbocycles. The van der Waals surface area contributed by atoms with Crippen molar-refractivity contribution in [1.29, 1.82) is 0 Å². The lowest BCUT2D eigenvalue weighted by atomic mass is 10.1. The van der Waals surface area contributed by atoms with Gasteiger partial charge in [-0.25, -0.2) is 4.98 Å². The molecule has 0 amide bonds. The van der Waals surface area contributed by atoms with Crippen LogP contribution in [0.3, 0.4) is 0 Å². The molecule has 1 saturated heterocycles. The second-order valence-electron chi connectivity index (χ2n) is 4.27. The first-order valence-electron chi connectivity index (χ1n) is 5.75. The molecule has 1 fully saturated rings. The highest BCUT2D eigenvalue weighted by molar-refractivity contribution is 9.10. The number of thiazole rings is 1. The van der Waals surface area contributed by atoms with E-state index in [4.69, 9.17) is 4.98 Å². The van der Waals surface area contributed by atoms with Crippen molar-refractivity contribution in [2.24, 2.45) is 0 Å². The third kappa shape index (κ3) is 2.44. The quantitative estimate of drug-likeness (QED) is 0.916. The van der Waals surface area contributed by atoms with Gasteiger partial charge in [-0.05, 0) is 25.1 Å². The summed E-state index contributed by atoms with van der Waals surface area (Å²) in [5, 5.41) is 6.82. The van der Waals surface area contributed by atoms with Crippen molar-refractivity contribution in [3.63, 3.8) is 0 Å². The van der Waals surface area contributed by atoms with E-state index < -0.39 is 0 Å². The minimum absolute atomic E-state index is 0.612. The molecule has 1 N–H and O–H groups in total. The first-order valence-corrected chi connectivity index (χ1v) is 7.42. The van der Waals surface area contributed by atoms with Gasteiger partial charge in [-0.1, -0.05) is 28.1 Å². The van der Waals surface area contributed by atoms with Crippen molar-refractivity contribution in [3.8, 4) is 11.3 Å². The highest BCUT2D eigenvalue weighted by Gasteiger charge is 2.19. The first-order chi connectivity index (χ1) is 8.33. The van der Waals surface area contributed by atoms with Crippen LogP contribution in [0.5, 0.6) is 0 Å². The number of benzene rings is 1. The summed E-state index contributed by atoms with van der Waals surface area (Å²) in [6.07, 6.45) is 1.21. The van der Waals surface area contributed by atoms with Crippen molar-refractivity contribution in [2.45, 2.75) is 12.3 Å². The van der Waals surface area contributed by atoms with E-state index in [0.717, 1.165) is 23.3 Å². The van der Waals surface area contributed by atoms with Gasteiger partial charge in [0.2, 0.25) is 0 Å². The molecule has 1 unspecified atom stereocenters. The largest absolute Gasteiger partial charge is 0.316 e. The van der Waals surface area contributed by atoms with Crippen LogP contribution in [0.4, 0.5) is 0 Å². The van der Waals surface area contributed by atoms with E-state index in [1.165, 1.54) is 17.0 Å². The third-order valence-corrected chi connectivity index (χ3v) is 4.55. The van der Waals surface area contributed by atoms with E-state index in [0.29, 0.717) is 5.92 Å². The van der Waals surface area contributed by atoms with Crippen LogP contribution in [0.25, 0.3) is 11.3 Å². The number of halogens is 1. The average molecular weight is 309 g/mol. The van der Waals surface area contributed by atoms with Crippen molar-refractivity contribution < 1.29 is 0 Å². The SMILES string of the molecule is Brc1cccc(-c2csc(C3CCNC3)n2)c1. The Bertz CT molecular complexity index is 518. The van der Waals surface area contributed by atoms with Gasteiger partial charge in [0, 0.05) is 27.9 Å². The number of aromatic nitrogens is 1. The monoisotopic (exact) mass is 308 g/mol. The molecule has 17 heavy (non-hydrogen) atoms. The molecular formula is C13H13BrN2S. The first kappa shape index (κ1) is 11.4. The predicted octanol–water partition coefficient (Wildman–Crippen LogP) is 3.65. The average Bonchev–Trinajstić information content (AvgIpc) is 3.00. The van der Waals surface area contributed by atoms with Gasteiger partial charge in [0.1, 0.15) is 0 Å². The van der Waals surface area contributed by atoms with Crippen LogP contribution < -0.4 is 5.32 Å². The molecule has 0 spiro atoms. The highest BCUT2D eigenvalue weighted by Crippen LogP contribution is 2.30. The molecule has 0 saturated carbocycles. The molecule has 1 aromatic heterocycles. The van der Waals surface area contributed by atoms with E-state index in [9.17, 15) is 0 Å². The van der Waals surface area contributed by atoms with Crippen LogP contribution in [-0.4, -0.2) is 18.1 Å². The van der Waals surface area contributed by atoms with Gasteiger partial charge in [-0.15, -0.1) is 11.3 Å². The lowest BCUT2D eigenvalue weighted by molar-refractivity contribution is 0.756. The van der Waals surface area contributed by atoms with Gasteiger partial charge in [0.15, 0.2) is 0 Å². The topological polar surface area (TPSA) is 24.9 Å². The smallest absolute Gasteiger partial charge is 0.0976 e. The van der Waals surface area contributed by atoms with Gasteiger partial charge >= 0.3 is 0 Å². The minimum Gasteiger partial charge on any atom is -0.316 e. The van der Waals surface area contributed by atoms with Crippen LogP contribution in [0.2, 0.25) is 0 Å². The fraction of sp³-hybridized carbons (Fsp3) is 0.308. The molecule has 3 rings (SSSR count). The zero-order chi connectivity index (χ0) is 11.7. The normalized spacial score (nSPS) is 19.7.